The lowest BCUT2D eigenvalue weighted by Gasteiger charge is -2.14. The van der Waals surface area contributed by atoms with Crippen molar-refractivity contribution in [2.75, 3.05) is 37.2 Å². The minimum absolute atomic E-state index is 0.201. The molecule has 8 nitrogen and oxygen atoms in total. The van der Waals surface area contributed by atoms with Gasteiger partial charge in [0.2, 0.25) is 17.8 Å². The maximum atomic E-state index is 5.71. The summed E-state index contributed by atoms with van der Waals surface area (Å²) in [4.78, 5) is 18.9. The molecule has 0 bridgehead atoms. The van der Waals surface area contributed by atoms with Crippen molar-refractivity contribution in [3.63, 3.8) is 0 Å². The van der Waals surface area contributed by atoms with Crippen molar-refractivity contribution >= 4 is 11.9 Å². The normalized spacial score (nSPS) is 15.6. The maximum absolute atomic E-state index is 5.71. The lowest BCUT2D eigenvalue weighted by molar-refractivity contribution is 0.352. The molecule has 2 aromatic heterocycles. The molecule has 0 radical (unpaired) electrons. The average Bonchev–Trinajstić information content (AvgIpc) is 3.11. The number of nitrogens with two attached hydrogens (primary N) is 1. The molecule has 0 unspecified atom stereocenters. The van der Waals surface area contributed by atoms with Crippen molar-refractivity contribution in [1.29, 1.82) is 0 Å². The number of imidazole rings is 1. The number of aromatic nitrogens is 5. The first-order chi connectivity index (χ1) is 9.81. The van der Waals surface area contributed by atoms with Gasteiger partial charge in [-0.05, 0) is 25.9 Å². The van der Waals surface area contributed by atoms with Gasteiger partial charge >= 0.3 is 0 Å². The summed E-state index contributed by atoms with van der Waals surface area (Å²) >= 11 is 0. The summed E-state index contributed by atoms with van der Waals surface area (Å²) in [6.45, 7) is 4.15. The summed E-state index contributed by atoms with van der Waals surface area (Å²) in [6, 6.07) is 0. The highest BCUT2D eigenvalue weighted by atomic mass is 15.3. The number of likely N-dealkylation sites (tertiary alicyclic amines) is 1. The van der Waals surface area contributed by atoms with E-state index in [9.17, 15) is 0 Å². The number of nitrogen functional groups attached to an aromatic ring is 1. The first-order valence-electron chi connectivity index (χ1n) is 6.77. The molecule has 1 fully saturated rings. The van der Waals surface area contributed by atoms with Crippen LogP contribution in [0, 0.1) is 0 Å². The highest BCUT2D eigenvalue weighted by Crippen LogP contribution is 2.08. The van der Waals surface area contributed by atoms with Gasteiger partial charge in [-0.3, -0.25) is 4.57 Å². The van der Waals surface area contributed by atoms with Gasteiger partial charge in [0.25, 0.3) is 0 Å². The Balaban J connectivity index is 1.63. The van der Waals surface area contributed by atoms with Gasteiger partial charge in [-0.15, -0.1) is 0 Å². The van der Waals surface area contributed by atoms with Crippen LogP contribution in [0.25, 0.3) is 5.95 Å². The summed E-state index contributed by atoms with van der Waals surface area (Å²) in [5.74, 6) is 1.17. The van der Waals surface area contributed by atoms with Crippen LogP contribution in [0.5, 0.6) is 0 Å². The molecule has 1 aliphatic rings. The standard InChI is InChI=1S/C12H18N8/c13-10-16-11(15-4-7-19-5-1-2-6-19)18-12(17-10)20-8-3-14-9-20/h3,8-9H,1-2,4-7H2,(H3,13,15,16,17,18). The number of hydrogen-bond acceptors (Lipinski definition) is 7. The monoisotopic (exact) mass is 274 g/mol. The zero-order valence-electron chi connectivity index (χ0n) is 11.2. The van der Waals surface area contributed by atoms with Crippen molar-refractivity contribution in [1.82, 2.24) is 29.4 Å². The lowest BCUT2D eigenvalue weighted by atomic mass is 10.4. The Morgan fingerprint density at radius 1 is 1.20 bits per heavy atom. The van der Waals surface area contributed by atoms with Gasteiger partial charge in [0, 0.05) is 25.5 Å². The smallest absolute Gasteiger partial charge is 0.241 e. The average molecular weight is 274 g/mol. The molecule has 3 rings (SSSR count). The molecular formula is C12H18N8. The van der Waals surface area contributed by atoms with Crippen LogP contribution < -0.4 is 11.1 Å². The maximum Gasteiger partial charge on any atom is 0.241 e. The molecule has 2 aromatic rings. The molecule has 0 spiro atoms. The molecule has 8 heteroatoms. The Morgan fingerprint density at radius 2 is 2.05 bits per heavy atom. The summed E-state index contributed by atoms with van der Waals surface area (Å²) < 4.78 is 1.70. The van der Waals surface area contributed by atoms with E-state index in [2.05, 4.69) is 30.2 Å². The quantitative estimate of drug-likeness (QED) is 0.800. The highest BCUT2D eigenvalue weighted by molar-refractivity contribution is 5.35. The van der Waals surface area contributed by atoms with Crippen LogP contribution in [0.15, 0.2) is 18.7 Å². The van der Waals surface area contributed by atoms with Crippen molar-refractivity contribution in [3.8, 4) is 5.95 Å². The number of rotatable bonds is 5. The summed E-state index contributed by atoms with van der Waals surface area (Å²) in [6.07, 6.45) is 7.65. The number of anilines is 2. The van der Waals surface area contributed by atoms with E-state index in [-0.39, 0.29) is 5.95 Å². The van der Waals surface area contributed by atoms with Crippen molar-refractivity contribution in [3.05, 3.63) is 18.7 Å². The fraction of sp³-hybridized carbons (Fsp3) is 0.500. The molecule has 0 aromatic carbocycles. The first-order valence-corrected chi connectivity index (χ1v) is 6.77. The third kappa shape index (κ3) is 3.02. The topological polar surface area (TPSA) is 97.8 Å². The van der Waals surface area contributed by atoms with Gasteiger partial charge in [0.05, 0.1) is 0 Å². The summed E-state index contributed by atoms with van der Waals surface area (Å²) in [7, 11) is 0. The Hall–Kier alpha value is -2.22. The predicted octanol–water partition coefficient (Wildman–Crippen LogP) is 0.147. The van der Waals surface area contributed by atoms with E-state index in [0.717, 1.165) is 13.1 Å². The number of nitrogens with one attached hydrogen (secondary N) is 1. The minimum Gasteiger partial charge on any atom is -0.368 e. The zero-order chi connectivity index (χ0) is 13.8. The Labute approximate surface area is 117 Å². The fourth-order valence-corrected chi connectivity index (χ4v) is 2.28. The Kier molecular flexibility index (Phi) is 3.73. The van der Waals surface area contributed by atoms with Crippen LogP contribution in [-0.2, 0) is 0 Å². The lowest BCUT2D eigenvalue weighted by Crippen LogP contribution is -2.26. The van der Waals surface area contributed by atoms with Gasteiger partial charge in [-0.1, -0.05) is 0 Å². The van der Waals surface area contributed by atoms with Crippen LogP contribution in [0.4, 0.5) is 11.9 Å². The van der Waals surface area contributed by atoms with Crippen LogP contribution in [0.1, 0.15) is 12.8 Å². The van der Waals surface area contributed by atoms with E-state index in [4.69, 9.17) is 5.73 Å². The van der Waals surface area contributed by atoms with E-state index in [1.807, 2.05) is 0 Å². The molecule has 20 heavy (non-hydrogen) atoms. The Bertz CT molecular complexity index is 547. The highest BCUT2D eigenvalue weighted by Gasteiger charge is 2.11. The van der Waals surface area contributed by atoms with Crippen LogP contribution in [-0.4, -0.2) is 55.6 Å². The molecule has 3 heterocycles. The second-order valence-corrected chi connectivity index (χ2v) is 4.76. The van der Waals surface area contributed by atoms with Gasteiger partial charge < -0.3 is 16.0 Å². The van der Waals surface area contributed by atoms with Crippen molar-refractivity contribution in [2.45, 2.75) is 12.8 Å². The van der Waals surface area contributed by atoms with Gasteiger partial charge in [0.15, 0.2) is 0 Å². The van der Waals surface area contributed by atoms with Crippen LogP contribution in [0.2, 0.25) is 0 Å². The largest absolute Gasteiger partial charge is 0.368 e. The van der Waals surface area contributed by atoms with Crippen molar-refractivity contribution in [2.24, 2.45) is 0 Å². The molecular weight excluding hydrogens is 256 g/mol. The Morgan fingerprint density at radius 3 is 2.80 bits per heavy atom. The molecule has 0 aliphatic carbocycles. The molecule has 0 amide bonds. The molecule has 1 aliphatic heterocycles. The fourth-order valence-electron chi connectivity index (χ4n) is 2.28. The molecule has 0 atom stereocenters. The molecule has 1 saturated heterocycles. The summed E-state index contributed by atoms with van der Waals surface area (Å²) in [5, 5.41) is 3.20. The van der Waals surface area contributed by atoms with E-state index in [1.165, 1.54) is 25.9 Å². The molecule has 3 N–H and O–H groups in total. The van der Waals surface area contributed by atoms with Crippen LogP contribution >= 0.6 is 0 Å². The summed E-state index contributed by atoms with van der Waals surface area (Å²) in [5.41, 5.74) is 5.71. The SMILES string of the molecule is Nc1nc(NCCN2CCCC2)nc(-n2ccnc2)n1. The van der Waals surface area contributed by atoms with Gasteiger partial charge in [-0.2, -0.15) is 15.0 Å². The van der Waals surface area contributed by atoms with Crippen molar-refractivity contribution < 1.29 is 0 Å². The van der Waals surface area contributed by atoms with Gasteiger partial charge in [-0.25, -0.2) is 4.98 Å². The van der Waals surface area contributed by atoms with E-state index >= 15 is 0 Å². The second-order valence-electron chi connectivity index (χ2n) is 4.76. The molecule has 106 valence electrons. The minimum atomic E-state index is 0.201. The zero-order valence-corrected chi connectivity index (χ0v) is 11.2. The number of hydrogen-bond donors (Lipinski definition) is 2. The first kappa shape index (κ1) is 12.8. The number of nitrogens with zero attached hydrogens (tertiary/aromatic N) is 6. The third-order valence-corrected chi connectivity index (χ3v) is 3.29. The van der Waals surface area contributed by atoms with E-state index in [1.54, 1.807) is 23.3 Å². The van der Waals surface area contributed by atoms with E-state index in [0.29, 0.717) is 11.9 Å². The van der Waals surface area contributed by atoms with E-state index < -0.39 is 0 Å². The van der Waals surface area contributed by atoms with Gasteiger partial charge in [0.1, 0.15) is 6.33 Å². The third-order valence-electron chi connectivity index (χ3n) is 3.29. The second kappa shape index (κ2) is 5.83. The van der Waals surface area contributed by atoms with Crippen LogP contribution in [0.3, 0.4) is 0 Å². The predicted molar refractivity (Wildman–Crippen MR) is 75.5 cm³/mol. The molecule has 0 saturated carbocycles.